The average molecular weight is 265 g/mol. The number of carbonyl (C=O) groups is 1. The van der Waals surface area contributed by atoms with Gasteiger partial charge in [0.2, 0.25) is 0 Å². The van der Waals surface area contributed by atoms with Crippen LogP contribution >= 0.6 is 0 Å². The molecule has 0 aliphatic rings. The minimum Gasteiger partial charge on any atom is -0.478 e. The van der Waals surface area contributed by atoms with Crippen LogP contribution in [0.1, 0.15) is 21.5 Å². The number of carboxylic acid groups (broad SMARTS) is 1. The summed E-state index contributed by atoms with van der Waals surface area (Å²) < 4.78 is 0. The summed E-state index contributed by atoms with van der Waals surface area (Å²) in [7, 11) is 0. The highest BCUT2D eigenvalue weighted by molar-refractivity contribution is 5.88. The maximum Gasteiger partial charge on any atom is 0.335 e. The molecule has 0 amide bonds. The van der Waals surface area contributed by atoms with Gasteiger partial charge in [-0.3, -0.25) is 0 Å². The first-order chi connectivity index (χ1) is 9.66. The number of benzene rings is 2. The summed E-state index contributed by atoms with van der Waals surface area (Å²) in [5.74, 6) is 5.18. The number of nitrogens with one attached hydrogen (secondary N) is 1. The third-order valence-electron chi connectivity index (χ3n) is 2.85. The number of aromatic carboxylic acids is 1. The van der Waals surface area contributed by atoms with Crippen LogP contribution in [0.15, 0.2) is 48.5 Å². The lowest BCUT2D eigenvalue weighted by Crippen LogP contribution is -2.03. The molecule has 3 nitrogen and oxygen atoms in total. The summed E-state index contributed by atoms with van der Waals surface area (Å²) in [6, 6.07) is 14.8. The number of hydrogen-bond acceptors (Lipinski definition) is 2. The number of anilines is 1. The summed E-state index contributed by atoms with van der Waals surface area (Å²) in [6.45, 7) is 2.39. The predicted octanol–water partition coefficient (Wildman–Crippen LogP) is 3.16. The van der Waals surface area contributed by atoms with Gasteiger partial charge in [-0.2, -0.15) is 0 Å². The lowest BCUT2D eigenvalue weighted by Gasteiger charge is -2.07. The first-order valence-corrected chi connectivity index (χ1v) is 6.28. The molecular weight excluding hydrogens is 250 g/mol. The summed E-state index contributed by atoms with van der Waals surface area (Å²) >= 11 is 0. The standard InChI is InChI=1S/C17H15NO2/c1-13-12-15(17(19)20)9-10-16(13)18-11-5-8-14-6-3-2-4-7-14/h2-4,6-7,9-10,12,18H,11H2,1H3,(H,19,20). The quantitative estimate of drug-likeness (QED) is 0.838. The van der Waals surface area contributed by atoms with Gasteiger partial charge < -0.3 is 10.4 Å². The zero-order valence-corrected chi connectivity index (χ0v) is 11.2. The third-order valence-corrected chi connectivity index (χ3v) is 2.85. The zero-order chi connectivity index (χ0) is 14.4. The number of rotatable bonds is 3. The second kappa shape index (κ2) is 6.44. The van der Waals surface area contributed by atoms with Crippen LogP contribution < -0.4 is 5.32 Å². The summed E-state index contributed by atoms with van der Waals surface area (Å²) in [4.78, 5) is 10.8. The molecule has 2 N–H and O–H groups in total. The first-order valence-electron chi connectivity index (χ1n) is 6.28. The number of carboxylic acids is 1. The molecule has 3 heteroatoms. The molecule has 0 heterocycles. The van der Waals surface area contributed by atoms with E-state index in [0.717, 1.165) is 16.8 Å². The van der Waals surface area contributed by atoms with Gasteiger partial charge in [0.05, 0.1) is 12.1 Å². The Kier molecular flexibility index (Phi) is 4.41. The van der Waals surface area contributed by atoms with Crippen molar-refractivity contribution in [2.75, 3.05) is 11.9 Å². The molecule has 0 spiro atoms. The highest BCUT2D eigenvalue weighted by Crippen LogP contribution is 2.16. The molecule has 0 aliphatic carbocycles. The Hall–Kier alpha value is -2.73. The van der Waals surface area contributed by atoms with E-state index in [1.807, 2.05) is 37.3 Å². The molecular formula is C17H15NO2. The molecule has 0 saturated carbocycles. The summed E-state index contributed by atoms with van der Waals surface area (Å²) in [6.07, 6.45) is 0. The Morgan fingerprint density at radius 3 is 2.60 bits per heavy atom. The van der Waals surface area contributed by atoms with E-state index in [9.17, 15) is 4.79 Å². The smallest absolute Gasteiger partial charge is 0.335 e. The van der Waals surface area contributed by atoms with E-state index >= 15 is 0 Å². The van der Waals surface area contributed by atoms with Crippen LogP contribution in [0.3, 0.4) is 0 Å². The van der Waals surface area contributed by atoms with Crippen LogP contribution in [0.5, 0.6) is 0 Å². The van der Waals surface area contributed by atoms with Crippen LogP contribution in [0.25, 0.3) is 0 Å². The molecule has 0 atom stereocenters. The van der Waals surface area contributed by atoms with E-state index in [0.29, 0.717) is 12.1 Å². The Morgan fingerprint density at radius 2 is 1.95 bits per heavy atom. The van der Waals surface area contributed by atoms with Crippen molar-refractivity contribution in [3.63, 3.8) is 0 Å². The van der Waals surface area contributed by atoms with Gasteiger partial charge in [0.25, 0.3) is 0 Å². The minimum absolute atomic E-state index is 0.295. The van der Waals surface area contributed by atoms with Crippen LogP contribution in [-0.2, 0) is 0 Å². The van der Waals surface area contributed by atoms with Gasteiger partial charge in [0, 0.05) is 11.3 Å². The lowest BCUT2D eigenvalue weighted by atomic mass is 10.1. The largest absolute Gasteiger partial charge is 0.478 e. The maximum atomic E-state index is 10.8. The molecule has 2 aromatic rings. The fourth-order valence-corrected chi connectivity index (χ4v) is 1.80. The highest BCUT2D eigenvalue weighted by atomic mass is 16.4. The fraction of sp³-hybridized carbons (Fsp3) is 0.118. The van der Waals surface area contributed by atoms with Crippen molar-refractivity contribution in [2.24, 2.45) is 0 Å². The Morgan fingerprint density at radius 1 is 1.20 bits per heavy atom. The predicted molar refractivity (Wildman–Crippen MR) is 79.9 cm³/mol. The zero-order valence-electron chi connectivity index (χ0n) is 11.2. The van der Waals surface area contributed by atoms with E-state index < -0.39 is 5.97 Å². The fourth-order valence-electron chi connectivity index (χ4n) is 1.80. The molecule has 0 aliphatic heterocycles. The first kappa shape index (κ1) is 13.7. The van der Waals surface area contributed by atoms with E-state index in [1.54, 1.807) is 18.2 Å². The van der Waals surface area contributed by atoms with Gasteiger partial charge in [-0.15, -0.1) is 0 Å². The molecule has 20 heavy (non-hydrogen) atoms. The van der Waals surface area contributed by atoms with Gasteiger partial charge in [0.15, 0.2) is 0 Å². The summed E-state index contributed by atoms with van der Waals surface area (Å²) in [5.41, 5.74) is 3.07. The molecule has 100 valence electrons. The molecule has 2 rings (SSSR count). The van der Waals surface area contributed by atoms with Crippen molar-refractivity contribution in [1.82, 2.24) is 0 Å². The van der Waals surface area contributed by atoms with Gasteiger partial charge in [-0.1, -0.05) is 30.0 Å². The third kappa shape index (κ3) is 3.63. The van der Waals surface area contributed by atoms with Crippen molar-refractivity contribution in [3.8, 4) is 11.8 Å². The molecule has 0 fully saturated rings. The van der Waals surface area contributed by atoms with Crippen molar-refractivity contribution in [3.05, 3.63) is 65.2 Å². The van der Waals surface area contributed by atoms with Crippen LogP contribution in [0.4, 0.5) is 5.69 Å². The van der Waals surface area contributed by atoms with Gasteiger partial charge in [-0.25, -0.2) is 4.79 Å². The SMILES string of the molecule is Cc1cc(C(=O)O)ccc1NCC#Cc1ccccc1. The Bertz CT molecular complexity index is 666. The number of hydrogen-bond donors (Lipinski definition) is 2. The van der Waals surface area contributed by atoms with Gasteiger partial charge >= 0.3 is 5.97 Å². The molecule has 0 unspecified atom stereocenters. The van der Waals surface area contributed by atoms with E-state index in [-0.39, 0.29) is 0 Å². The van der Waals surface area contributed by atoms with Crippen LogP contribution in [-0.4, -0.2) is 17.6 Å². The molecule has 0 aromatic heterocycles. The van der Waals surface area contributed by atoms with Crippen LogP contribution in [0, 0.1) is 18.8 Å². The van der Waals surface area contributed by atoms with Gasteiger partial charge in [0.1, 0.15) is 0 Å². The minimum atomic E-state index is -0.913. The Labute approximate surface area is 118 Å². The lowest BCUT2D eigenvalue weighted by molar-refractivity contribution is 0.0697. The van der Waals surface area contributed by atoms with Crippen molar-refractivity contribution < 1.29 is 9.90 Å². The maximum absolute atomic E-state index is 10.8. The van der Waals surface area contributed by atoms with Crippen LogP contribution in [0.2, 0.25) is 0 Å². The van der Waals surface area contributed by atoms with Crippen molar-refractivity contribution in [1.29, 1.82) is 0 Å². The Balaban J connectivity index is 1.98. The molecule has 2 aromatic carbocycles. The molecule has 0 radical (unpaired) electrons. The summed E-state index contributed by atoms with van der Waals surface area (Å²) in [5, 5.41) is 12.1. The van der Waals surface area contributed by atoms with Gasteiger partial charge in [-0.05, 0) is 42.8 Å². The highest BCUT2D eigenvalue weighted by Gasteiger charge is 2.04. The van der Waals surface area contributed by atoms with E-state index in [1.165, 1.54) is 0 Å². The van der Waals surface area contributed by atoms with E-state index in [4.69, 9.17) is 5.11 Å². The average Bonchev–Trinajstić information content (AvgIpc) is 2.46. The molecule has 0 bridgehead atoms. The topological polar surface area (TPSA) is 49.3 Å². The number of aryl methyl sites for hydroxylation is 1. The van der Waals surface area contributed by atoms with Crippen molar-refractivity contribution >= 4 is 11.7 Å². The monoisotopic (exact) mass is 265 g/mol. The second-order valence-electron chi connectivity index (χ2n) is 4.36. The van der Waals surface area contributed by atoms with Crippen molar-refractivity contribution in [2.45, 2.75) is 6.92 Å². The second-order valence-corrected chi connectivity index (χ2v) is 4.36. The van der Waals surface area contributed by atoms with E-state index in [2.05, 4.69) is 17.2 Å². The molecule has 0 saturated heterocycles. The normalized spacial score (nSPS) is 9.45.